The normalized spacial score (nSPS) is 25.5. The third-order valence-corrected chi connectivity index (χ3v) is 3.54. The van der Waals surface area contributed by atoms with Gasteiger partial charge < -0.3 is 9.64 Å². The van der Waals surface area contributed by atoms with Crippen molar-refractivity contribution in [2.24, 2.45) is 5.41 Å². The number of amides is 1. The molecule has 1 amide bonds. The van der Waals surface area contributed by atoms with E-state index in [-0.39, 0.29) is 18.1 Å². The number of morpholine rings is 1. The van der Waals surface area contributed by atoms with Crippen molar-refractivity contribution < 1.29 is 9.53 Å². The Balaban J connectivity index is 2.85. The molecule has 2 atom stereocenters. The first-order valence-corrected chi connectivity index (χ1v) is 6.35. The summed E-state index contributed by atoms with van der Waals surface area (Å²) < 4.78 is 5.60. The Hall–Kier alpha value is -1.08. The molecule has 0 saturated carbocycles. The monoisotopic (exact) mass is 238 g/mol. The van der Waals surface area contributed by atoms with Crippen LogP contribution in [-0.4, -0.2) is 36.1 Å². The topological polar surface area (TPSA) is 53.3 Å². The summed E-state index contributed by atoms with van der Waals surface area (Å²) in [4.78, 5) is 14.2. The van der Waals surface area contributed by atoms with E-state index in [1.807, 2.05) is 27.7 Å². The molecule has 1 heterocycles. The lowest BCUT2D eigenvalue weighted by molar-refractivity contribution is -0.151. The minimum atomic E-state index is -0.850. The van der Waals surface area contributed by atoms with Gasteiger partial charge in [-0.1, -0.05) is 13.8 Å². The van der Waals surface area contributed by atoms with E-state index in [1.165, 1.54) is 0 Å². The fraction of sp³-hybridized carbons (Fsp3) is 0.846. The number of nitriles is 1. The number of rotatable bonds is 3. The van der Waals surface area contributed by atoms with Crippen LogP contribution < -0.4 is 0 Å². The van der Waals surface area contributed by atoms with Gasteiger partial charge in [-0.25, -0.2) is 0 Å². The van der Waals surface area contributed by atoms with E-state index < -0.39 is 5.41 Å². The molecule has 0 bridgehead atoms. The van der Waals surface area contributed by atoms with Crippen LogP contribution in [0.5, 0.6) is 0 Å². The van der Waals surface area contributed by atoms with Crippen LogP contribution in [0, 0.1) is 16.7 Å². The quantitative estimate of drug-likeness (QED) is 0.755. The van der Waals surface area contributed by atoms with Gasteiger partial charge in [0.1, 0.15) is 5.41 Å². The lowest BCUT2D eigenvalue weighted by Crippen LogP contribution is -2.52. The van der Waals surface area contributed by atoms with Crippen molar-refractivity contribution in [2.45, 2.75) is 52.7 Å². The van der Waals surface area contributed by atoms with Crippen LogP contribution >= 0.6 is 0 Å². The van der Waals surface area contributed by atoms with Gasteiger partial charge in [-0.05, 0) is 26.7 Å². The second-order valence-electron chi connectivity index (χ2n) is 4.87. The van der Waals surface area contributed by atoms with Crippen LogP contribution in [0.2, 0.25) is 0 Å². The molecule has 0 aromatic carbocycles. The van der Waals surface area contributed by atoms with Gasteiger partial charge >= 0.3 is 0 Å². The van der Waals surface area contributed by atoms with Gasteiger partial charge in [-0.15, -0.1) is 0 Å². The third kappa shape index (κ3) is 2.78. The van der Waals surface area contributed by atoms with Gasteiger partial charge in [0.25, 0.3) is 0 Å². The summed E-state index contributed by atoms with van der Waals surface area (Å²) in [7, 11) is 0. The Bertz CT molecular complexity index is 308. The third-order valence-electron chi connectivity index (χ3n) is 3.54. The average molecular weight is 238 g/mol. The lowest BCUT2D eigenvalue weighted by Gasteiger charge is -2.39. The molecule has 1 aliphatic rings. The maximum atomic E-state index is 12.5. The summed E-state index contributed by atoms with van der Waals surface area (Å²) in [5.41, 5.74) is -0.850. The average Bonchev–Trinajstić information content (AvgIpc) is 2.30. The summed E-state index contributed by atoms with van der Waals surface area (Å²) in [6.07, 6.45) is 1.23. The van der Waals surface area contributed by atoms with Crippen molar-refractivity contribution in [1.82, 2.24) is 4.90 Å². The van der Waals surface area contributed by atoms with Gasteiger partial charge in [0.05, 0.1) is 18.3 Å². The van der Waals surface area contributed by atoms with Crippen molar-refractivity contribution >= 4 is 5.91 Å². The lowest BCUT2D eigenvalue weighted by atomic mass is 9.82. The van der Waals surface area contributed by atoms with Crippen LogP contribution in [0.4, 0.5) is 0 Å². The van der Waals surface area contributed by atoms with Gasteiger partial charge in [-0.3, -0.25) is 4.79 Å². The first-order chi connectivity index (χ1) is 7.99. The number of nitrogens with zero attached hydrogens (tertiary/aromatic N) is 2. The van der Waals surface area contributed by atoms with Crippen LogP contribution in [0.15, 0.2) is 0 Å². The van der Waals surface area contributed by atoms with Crippen LogP contribution in [0.25, 0.3) is 0 Å². The fourth-order valence-electron chi connectivity index (χ4n) is 2.40. The Morgan fingerprint density at radius 3 is 2.18 bits per heavy atom. The molecular weight excluding hydrogens is 216 g/mol. The van der Waals surface area contributed by atoms with Crippen LogP contribution in [0.3, 0.4) is 0 Å². The molecule has 96 valence electrons. The number of ether oxygens (including phenoxy) is 1. The fourth-order valence-corrected chi connectivity index (χ4v) is 2.40. The minimum absolute atomic E-state index is 0.0352. The summed E-state index contributed by atoms with van der Waals surface area (Å²) in [6.45, 7) is 8.90. The zero-order chi connectivity index (χ0) is 13.1. The highest BCUT2D eigenvalue weighted by molar-refractivity contribution is 5.85. The number of hydrogen-bond donors (Lipinski definition) is 0. The van der Waals surface area contributed by atoms with E-state index in [0.29, 0.717) is 25.9 Å². The number of carbonyl (C=O) groups is 1. The molecule has 1 aliphatic heterocycles. The zero-order valence-corrected chi connectivity index (χ0v) is 11.2. The summed E-state index contributed by atoms with van der Waals surface area (Å²) in [5, 5.41) is 9.28. The molecule has 2 unspecified atom stereocenters. The van der Waals surface area contributed by atoms with Gasteiger partial charge in [0.15, 0.2) is 0 Å². The maximum Gasteiger partial charge on any atom is 0.243 e. The van der Waals surface area contributed by atoms with E-state index in [1.54, 1.807) is 4.90 Å². The molecule has 0 aromatic rings. The first kappa shape index (κ1) is 14.0. The Kier molecular flexibility index (Phi) is 4.53. The van der Waals surface area contributed by atoms with Gasteiger partial charge in [0, 0.05) is 13.1 Å². The van der Waals surface area contributed by atoms with Crippen LogP contribution in [-0.2, 0) is 9.53 Å². The Morgan fingerprint density at radius 2 is 1.82 bits per heavy atom. The van der Waals surface area contributed by atoms with Crippen molar-refractivity contribution in [3.8, 4) is 6.07 Å². The van der Waals surface area contributed by atoms with Crippen LogP contribution in [0.1, 0.15) is 40.5 Å². The zero-order valence-electron chi connectivity index (χ0n) is 11.2. The Morgan fingerprint density at radius 1 is 1.35 bits per heavy atom. The standard InChI is InChI=1S/C13H22N2O2/c1-5-13(6-2,9-14)12(16)15-7-10(3)17-11(4)8-15/h10-11H,5-8H2,1-4H3. The number of hydrogen-bond acceptors (Lipinski definition) is 3. The molecule has 4 heteroatoms. The highest BCUT2D eigenvalue weighted by Gasteiger charge is 2.40. The van der Waals surface area contributed by atoms with Crippen molar-refractivity contribution in [3.05, 3.63) is 0 Å². The molecule has 1 saturated heterocycles. The van der Waals surface area contributed by atoms with E-state index in [2.05, 4.69) is 6.07 Å². The largest absolute Gasteiger partial charge is 0.372 e. The molecule has 1 fully saturated rings. The summed E-state index contributed by atoms with van der Waals surface area (Å²) in [5.74, 6) is -0.0352. The van der Waals surface area contributed by atoms with Crippen molar-refractivity contribution in [1.29, 1.82) is 5.26 Å². The molecule has 0 aliphatic carbocycles. The molecule has 0 radical (unpaired) electrons. The Labute approximate surface area is 104 Å². The predicted molar refractivity (Wildman–Crippen MR) is 65.2 cm³/mol. The smallest absolute Gasteiger partial charge is 0.243 e. The SMILES string of the molecule is CCC(C#N)(CC)C(=O)N1CC(C)OC(C)C1. The molecule has 1 rings (SSSR count). The molecule has 4 nitrogen and oxygen atoms in total. The van der Waals surface area contributed by atoms with Gasteiger partial charge in [-0.2, -0.15) is 5.26 Å². The summed E-state index contributed by atoms with van der Waals surface area (Å²) >= 11 is 0. The second kappa shape index (κ2) is 5.50. The maximum absolute atomic E-state index is 12.5. The molecule has 0 N–H and O–H groups in total. The highest BCUT2D eigenvalue weighted by Crippen LogP contribution is 2.29. The van der Waals surface area contributed by atoms with E-state index >= 15 is 0 Å². The van der Waals surface area contributed by atoms with Crippen molar-refractivity contribution in [3.63, 3.8) is 0 Å². The number of carbonyl (C=O) groups excluding carboxylic acids is 1. The molecular formula is C13H22N2O2. The molecule has 0 spiro atoms. The molecule has 0 aromatic heterocycles. The predicted octanol–water partition coefficient (Wildman–Crippen LogP) is 1.95. The van der Waals surface area contributed by atoms with Gasteiger partial charge in [0.2, 0.25) is 5.91 Å². The van der Waals surface area contributed by atoms with E-state index in [9.17, 15) is 10.1 Å². The van der Waals surface area contributed by atoms with Crippen molar-refractivity contribution in [2.75, 3.05) is 13.1 Å². The van der Waals surface area contributed by atoms with E-state index in [0.717, 1.165) is 0 Å². The van der Waals surface area contributed by atoms with E-state index in [4.69, 9.17) is 4.74 Å². The second-order valence-corrected chi connectivity index (χ2v) is 4.87. The molecule has 17 heavy (non-hydrogen) atoms. The first-order valence-electron chi connectivity index (χ1n) is 6.35. The highest BCUT2D eigenvalue weighted by atomic mass is 16.5. The summed E-state index contributed by atoms with van der Waals surface area (Å²) in [6, 6.07) is 2.21. The minimum Gasteiger partial charge on any atom is -0.372 e.